The molecular formula is C13H15N3. The van der Waals surface area contributed by atoms with Crippen LogP contribution in [-0.4, -0.2) is 4.98 Å². The van der Waals surface area contributed by atoms with Gasteiger partial charge in [0, 0.05) is 18.4 Å². The first-order valence-corrected chi connectivity index (χ1v) is 5.26. The van der Waals surface area contributed by atoms with Crippen molar-refractivity contribution in [2.24, 2.45) is 0 Å². The van der Waals surface area contributed by atoms with E-state index in [4.69, 9.17) is 5.73 Å². The Balaban J connectivity index is 2.09. The van der Waals surface area contributed by atoms with Gasteiger partial charge in [0.25, 0.3) is 0 Å². The number of nitrogens with one attached hydrogen (secondary N) is 1. The fraction of sp³-hybridized carbons (Fsp3) is 0.154. The summed E-state index contributed by atoms with van der Waals surface area (Å²) < 4.78 is 0. The lowest BCUT2D eigenvalue weighted by molar-refractivity contribution is 1.11. The predicted molar refractivity (Wildman–Crippen MR) is 67.2 cm³/mol. The first-order chi connectivity index (χ1) is 7.77. The van der Waals surface area contributed by atoms with E-state index < -0.39 is 0 Å². The van der Waals surface area contributed by atoms with Gasteiger partial charge in [-0.05, 0) is 30.7 Å². The molecule has 0 fully saturated rings. The number of hydrogen-bond acceptors (Lipinski definition) is 3. The Morgan fingerprint density at radius 1 is 1.19 bits per heavy atom. The molecule has 0 atom stereocenters. The Morgan fingerprint density at radius 3 is 2.75 bits per heavy atom. The predicted octanol–water partition coefficient (Wildman–Crippen LogP) is 2.58. The number of nitrogens with two attached hydrogens (primary N) is 1. The lowest BCUT2D eigenvalue weighted by atomic mass is 10.2. The molecule has 0 unspecified atom stereocenters. The molecular weight excluding hydrogens is 198 g/mol. The van der Waals surface area contributed by atoms with Crippen molar-refractivity contribution in [3.8, 4) is 0 Å². The third-order valence-electron chi connectivity index (χ3n) is 2.53. The van der Waals surface area contributed by atoms with Crippen LogP contribution >= 0.6 is 0 Å². The number of aromatic nitrogens is 1. The number of nitrogens with zero attached hydrogens (tertiary/aromatic N) is 1. The average molecular weight is 213 g/mol. The number of aryl methyl sites for hydroxylation is 1. The number of anilines is 2. The van der Waals surface area contributed by atoms with E-state index in [0.717, 1.165) is 29.2 Å². The van der Waals surface area contributed by atoms with Crippen LogP contribution in [0.15, 0.2) is 42.6 Å². The summed E-state index contributed by atoms with van der Waals surface area (Å²) in [4.78, 5) is 4.22. The summed E-state index contributed by atoms with van der Waals surface area (Å²) >= 11 is 0. The number of pyridine rings is 1. The second-order valence-corrected chi connectivity index (χ2v) is 3.69. The molecule has 1 aromatic heterocycles. The zero-order valence-electron chi connectivity index (χ0n) is 9.27. The highest BCUT2D eigenvalue weighted by Gasteiger charge is 1.99. The largest absolute Gasteiger partial charge is 0.398 e. The third kappa shape index (κ3) is 2.31. The average Bonchev–Trinajstić information content (AvgIpc) is 2.30. The van der Waals surface area contributed by atoms with Crippen LogP contribution < -0.4 is 11.1 Å². The lowest BCUT2D eigenvalue weighted by Gasteiger charge is -2.10. The molecule has 0 saturated carbocycles. The minimum Gasteiger partial charge on any atom is -0.398 e. The van der Waals surface area contributed by atoms with Crippen molar-refractivity contribution in [2.45, 2.75) is 13.5 Å². The third-order valence-corrected chi connectivity index (χ3v) is 2.53. The van der Waals surface area contributed by atoms with Crippen molar-refractivity contribution < 1.29 is 0 Å². The van der Waals surface area contributed by atoms with E-state index >= 15 is 0 Å². The molecule has 1 heterocycles. The van der Waals surface area contributed by atoms with Gasteiger partial charge in [-0.2, -0.15) is 0 Å². The molecule has 0 bridgehead atoms. The van der Waals surface area contributed by atoms with Crippen molar-refractivity contribution >= 4 is 11.4 Å². The van der Waals surface area contributed by atoms with Gasteiger partial charge in [-0.3, -0.25) is 4.98 Å². The standard InChI is InChI=1S/C13H15N3/c1-10-13(7-4-8-15-10)16-9-11-5-2-3-6-12(11)14/h2-8,16H,9,14H2,1H3. The quantitative estimate of drug-likeness (QED) is 0.770. The van der Waals surface area contributed by atoms with E-state index in [9.17, 15) is 0 Å². The van der Waals surface area contributed by atoms with E-state index in [1.54, 1.807) is 6.20 Å². The molecule has 16 heavy (non-hydrogen) atoms. The molecule has 0 spiro atoms. The minimum absolute atomic E-state index is 0.721. The normalized spacial score (nSPS) is 10.1. The molecule has 0 aliphatic heterocycles. The fourth-order valence-electron chi connectivity index (χ4n) is 1.56. The van der Waals surface area contributed by atoms with Crippen LogP contribution in [0.25, 0.3) is 0 Å². The zero-order valence-corrected chi connectivity index (χ0v) is 9.27. The van der Waals surface area contributed by atoms with E-state index in [-0.39, 0.29) is 0 Å². The summed E-state index contributed by atoms with van der Waals surface area (Å²) in [6, 6.07) is 11.8. The van der Waals surface area contributed by atoms with Gasteiger partial charge in [-0.1, -0.05) is 18.2 Å². The molecule has 3 N–H and O–H groups in total. The number of para-hydroxylation sites is 1. The second-order valence-electron chi connectivity index (χ2n) is 3.69. The molecule has 3 heteroatoms. The lowest BCUT2D eigenvalue weighted by Crippen LogP contribution is -2.04. The van der Waals surface area contributed by atoms with Gasteiger partial charge < -0.3 is 11.1 Å². The van der Waals surface area contributed by atoms with Crippen molar-refractivity contribution in [3.05, 3.63) is 53.9 Å². The van der Waals surface area contributed by atoms with Gasteiger partial charge in [-0.25, -0.2) is 0 Å². The number of benzene rings is 1. The van der Waals surface area contributed by atoms with Gasteiger partial charge in [0.15, 0.2) is 0 Å². The van der Waals surface area contributed by atoms with Crippen LogP contribution in [0.4, 0.5) is 11.4 Å². The van der Waals surface area contributed by atoms with Gasteiger partial charge in [0.1, 0.15) is 0 Å². The fourth-order valence-corrected chi connectivity index (χ4v) is 1.56. The Bertz CT molecular complexity index is 435. The van der Waals surface area contributed by atoms with Crippen molar-refractivity contribution in [3.63, 3.8) is 0 Å². The molecule has 82 valence electrons. The molecule has 3 nitrogen and oxygen atoms in total. The molecule has 0 amide bonds. The first kappa shape index (κ1) is 10.5. The monoisotopic (exact) mass is 213 g/mol. The molecule has 2 aromatic rings. The molecule has 0 radical (unpaired) electrons. The Labute approximate surface area is 95.3 Å². The SMILES string of the molecule is Cc1ncccc1NCc1ccccc1N. The Kier molecular flexibility index (Phi) is 3.05. The van der Waals surface area contributed by atoms with Crippen LogP contribution in [0.5, 0.6) is 0 Å². The maximum Gasteiger partial charge on any atom is 0.0603 e. The van der Waals surface area contributed by atoms with Gasteiger partial charge in [0.2, 0.25) is 0 Å². The van der Waals surface area contributed by atoms with Crippen molar-refractivity contribution in [2.75, 3.05) is 11.1 Å². The van der Waals surface area contributed by atoms with Gasteiger partial charge in [-0.15, -0.1) is 0 Å². The molecule has 0 saturated heterocycles. The maximum absolute atomic E-state index is 5.87. The second kappa shape index (κ2) is 4.66. The smallest absolute Gasteiger partial charge is 0.0603 e. The van der Waals surface area contributed by atoms with Crippen molar-refractivity contribution in [1.29, 1.82) is 0 Å². The van der Waals surface area contributed by atoms with Crippen LogP contribution in [0.2, 0.25) is 0 Å². The van der Waals surface area contributed by atoms with Crippen LogP contribution in [0.3, 0.4) is 0 Å². The highest BCUT2D eigenvalue weighted by molar-refractivity contribution is 5.51. The molecule has 0 aliphatic carbocycles. The minimum atomic E-state index is 0.721. The summed E-state index contributed by atoms with van der Waals surface area (Å²) in [6.07, 6.45) is 1.79. The van der Waals surface area contributed by atoms with E-state index in [2.05, 4.69) is 10.3 Å². The number of nitrogen functional groups attached to an aromatic ring is 1. The Hall–Kier alpha value is -2.03. The van der Waals surface area contributed by atoms with Crippen LogP contribution in [0, 0.1) is 6.92 Å². The zero-order chi connectivity index (χ0) is 11.4. The highest BCUT2D eigenvalue weighted by Crippen LogP contribution is 2.15. The van der Waals surface area contributed by atoms with Crippen LogP contribution in [-0.2, 0) is 6.54 Å². The van der Waals surface area contributed by atoms with Gasteiger partial charge >= 0.3 is 0 Å². The summed E-state index contributed by atoms with van der Waals surface area (Å²) in [5, 5.41) is 3.33. The maximum atomic E-state index is 5.87. The van der Waals surface area contributed by atoms with Gasteiger partial charge in [0.05, 0.1) is 11.4 Å². The molecule has 1 aromatic carbocycles. The van der Waals surface area contributed by atoms with Crippen LogP contribution in [0.1, 0.15) is 11.3 Å². The summed E-state index contributed by atoms with van der Waals surface area (Å²) in [5.41, 5.74) is 9.83. The van der Waals surface area contributed by atoms with E-state index in [1.165, 1.54) is 0 Å². The topological polar surface area (TPSA) is 50.9 Å². The summed E-state index contributed by atoms with van der Waals surface area (Å²) in [5.74, 6) is 0. The highest BCUT2D eigenvalue weighted by atomic mass is 14.9. The van der Waals surface area contributed by atoms with E-state index in [1.807, 2.05) is 43.3 Å². The Morgan fingerprint density at radius 2 is 2.00 bits per heavy atom. The number of rotatable bonds is 3. The number of hydrogen-bond donors (Lipinski definition) is 2. The molecule has 0 aliphatic rings. The first-order valence-electron chi connectivity index (χ1n) is 5.26. The molecule has 2 rings (SSSR count). The summed E-state index contributed by atoms with van der Waals surface area (Å²) in [6.45, 7) is 2.70. The van der Waals surface area contributed by atoms with Crippen molar-refractivity contribution in [1.82, 2.24) is 4.98 Å². The van der Waals surface area contributed by atoms with E-state index in [0.29, 0.717) is 0 Å². The summed E-state index contributed by atoms with van der Waals surface area (Å²) in [7, 11) is 0.